The smallest absolute Gasteiger partial charge is 0.241 e. The zero-order valence-electron chi connectivity index (χ0n) is 13.2. The maximum Gasteiger partial charge on any atom is 0.241 e. The minimum atomic E-state index is -3.49. The van der Waals surface area contributed by atoms with Gasteiger partial charge >= 0.3 is 0 Å². The van der Waals surface area contributed by atoms with Gasteiger partial charge < -0.3 is 5.32 Å². The molecular weight excluding hydrogens is 272 g/mol. The highest BCUT2D eigenvalue weighted by Crippen LogP contribution is 2.19. The van der Waals surface area contributed by atoms with E-state index in [0.29, 0.717) is 17.5 Å². The standard InChI is InChI=1S/C15H26N2O2S/c1-11(2)16-10-13-8-7-12(3)14(9-13)20(18,19)17-15(4,5)6/h7-9,11,16-17H,10H2,1-6H3. The molecule has 0 aliphatic rings. The van der Waals surface area contributed by atoms with Crippen LogP contribution in [-0.2, 0) is 16.6 Å². The van der Waals surface area contributed by atoms with Crippen molar-refractivity contribution in [1.82, 2.24) is 10.0 Å². The molecule has 0 bridgehead atoms. The van der Waals surface area contributed by atoms with Crippen LogP contribution in [0.1, 0.15) is 45.7 Å². The van der Waals surface area contributed by atoms with Crippen molar-refractivity contribution in [3.05, 3.63) is 29.3 Å². The molecule has 0 heterocycles. The van der Waals surface area contributed by atoms with Crippen LogP contribution in [0.3, 0.4) is 0 Å². The third-order valence-corrected chi connectivity index (χ3v) is 4.60. The zero-order chi connectivity index (χ0) is 15.6. The highest BCUT2D eigenvalue weighted by atomic mass is 32.2. The summed E-state index contributed by atoms with van der Waals surface area (Å²) in [6.07, 6.45) is 0. The first-order valence-corrected chi connectivity index (χ1v) is 8.36. The summed E-state index contributed by atoms with van der Waals surface area (Å²) in [6, 6.07) is 5.93. The number of hydrogen-bond acceptors (Lipinski definition) is 3. The van der Waals surface area contributed by atoms with Crippen molar-refractivity contribution in [2.75, 3.05) is 0 Å². The largest absolute Gasteiger partial charge is 0.310 e. The molecule has 20 heavy (non-hydrogen) atoms. The Hall–Kier alpha value is -0.910. The van der Waals surface area contributed by atoms with Gasteiger partial charge in [-0.05, 0) is 44.9 Å². The fourth-order valence-corrected chi connectivity index (χ4v) is 3.54. The molecule has 2 N–H and O–H groups in total. The molecule has 0 spiro atoms. The first-order chi connectivity index (χ1) is 9.01. The lowest BCUT2D eigenvalue weighted by atomic mass is 10.1. The lowest BCUT2D eigenvalue weighted by molar-refractivity contribution is 0.491. The average molecular weight is 298 g/mol. The van der Waals surface area contributed by atoms with Crippen LogP contribution in [0.15, 0.2) is 23.1 Å². The van der Waals surface area contributed by atoms with E-state index in [2.05, 4.69) is 23.9 Å². The van der Waals surface area contributed by atoms with E-state index >= 15 is 0 Å². The Labute approximate surface area is 123 Å². The number of aryl methyl sites for hydroxylation is 1. The fourth-order valence-electron chi connectivity index (χ4n) is 1.82. The Morgan fingerprint density at radius 2 is 1.80 bits per heavy atom. The summed E-state index contributed by atoms with van der Waals surface area (Å²) in [5.74, 6) is 0. The quantitative estimate of drug-likeness (QED) is 0.878. The topological polar surface area (TPSA) is 58.2 Å². The summed E-state index contributed by atoms with van der Waals surface area (Å²) < 4.78 is 27.6. The molecule has 0 fully saturated rings. The molecule has 0 radical (unpaired) electrons. The molecule has 0 unspecified atom stereocenters. The molecule has 0 saturated carbocycles. The SMILES string of the molecule is Cc1ccc(CNC(C)C)cc1S(=O)(=O)NC(C)(C)C. The van der Waals surface area contributed by atoms with Gasteiger partial charge in [-0.2, -0.15) is 0 Å². The number of hydrogen-bond donors (Lipinski definition) is 2. The van der Waals surface area contributed by atoms with Gasteiger partial charge in [-0.3, -0.25) is 0 Å². The van der Waals surface area contributed by atoms with Crippen LogP contribution in [0.2, 0.25) is 0 Å². The van der Waals surface area contributed by atoms with Crippen molar-refractivity contribution in [3.8, 4) is 0 Å². The molecule has 1 rings (SSSR count). The first-order valence-electron chi connectivity index (χ1n) is 6.88. The van der Waals surface area contributed by atoms with Gasteiger partial charge in [0.2, 0.25) is 10.0 Å². The lowest BCUT2D eigenvalue weighted by Crippen LogP contribution is -2.40. The summed E-state index contributed by atoms with van der Waals surface area (Å²) in [5, 5.41) is 3.29. The summed E-state index contributed by atoms with van der Waals surface area (Å²) in [6.45, 7) is 12.1. The normalized spacial score (nSPS) is 12.9. The molecule has 0 saturated heterocycles. The van der Waals surface area contributed by atoms with E-state index in [-0.39, 0.29) is 0 Å². The summed E-state index contributed by atoms with van der Waals surface area (Å²) in [7, 11) is -3.49. The Morgan fingerprint density at radius 1 is 1.20 bits per heavy atom. The Bertz CT molecular complexity index is 558. The first kappa shape index (κ1) is 17.1. The van der Waals surface area contributed by atoms with Crippen molar-refractivity contribution < 1.29 is 8.42 Å². The molecule has 4 nitrogen and oxygen atoms in total. The van der Waals surface area contributed by atoms with Gasteiger partial charge in [0.25, 0.3) is 0 Å². The van der Waals surface area contributed by atoms with Crippen molar-refractivity contribution in [3.63, 3.8) is 0 Å². The number of sulfonamides is 1. The minimum absolute atomic E-state index is 0.357. The molecule has 5 heteroatoms. The fraction of sp³-hybridized carbons (Fsp3) is 0.600. The Balaban J connectivity index is 3.08. The van der Waals surface area contributed by atoms with Crippen molar-refractivity contribution in [1.29, 1.82) is 0 Å². The van der Waals surface area contributed by atoms with Gasteiger partial charge in [-0.1, -0.05) is 26.0 Å². The van der Waals surface area contributed by atoms with Crippen LogP contribution in [-0.4, -0.2) is 20.0 Å². The second kappa shape index (κ2) is 6.24. The average Bonchev–Trinajstić information content (AvgIpc) is 2.24. The third-order valence-electron chi connectivity index (χ3n) is 2.70. The van der Waals surface area contributed by atoms with Crippen LogP contribution in [0.4, 0.5) is 0 Å². The van der Waals surface area contributed by atoms with Crippen LogP contribution in [0, 0.1) is 6.92 Å². The van der Waals surface area contributed by atoms with Gasteiger partial charge in [-0.25, -0.2) is 13.1 Å². The van der Waals surface area contributed by atoms with E-state index in [9.17, 15) is 8.42 Å². The zero-order valence-corrected chi connectivity index (χ0v) is 14.1. The molecule has 114 valence electrons. The molecule has 0 aromatic heterocycles. The van der Waals surface area contributed by atoms with E-state index in [4.69, 9.17) is 0 Å². The van der Waals surface area contributed by atoms with Crippen LogP contribution >= 0.6 is 0 Å². The van der Waals surface area contributed by atoms with Crippen molar-refractivity contribution >= 4 is 10.0 Å². The predicted molar refractivity (Wildman–Crippen MR) is 83.2 cm³/mol. The molecule has 0 atom stereocenters. The van der Waals surface area contributed by atoms with Gasteiger partial charge in [0.15, 0.2) is 0 Å². The van der Waals surface area contributed by atoms with Crippen molar-refractivity contribution in [2.24, 2.45) is 0 Å². The summed E-state index contributed by atoms with van der Waals surface area (Å²) in [4.78, 5) is 0.357. The van der Waals surface area contributed by atoms with Gasteiger partial charge in [-0.15, -0.1) is 0 Å². The van der Waals surface area contributed by atoms with Gasteiger partial charge in [0.05, 0.1) is 4.90 Å². The Kier molecular flexibility index (Phi) is 5.35. The van der Waals surface area contributed by atoms with E-state index in [1.54, 1.807) is 6.07 Å². The maximum atomic E-state index is 12.4. The number of nitrogens with one attached hydrogen (secondary N) is 2. The molecule has 0 aliphatic carbocycles. The molecule has 0 amide bonds. The monoisotopic (exact) mass is 298 g/mol. The second-order valence-electron chi connectivity index (χ2n) is 6.49. The lowest BCUT2D eigenvalue weighted by Gasteiger charge is -2.21. The predicted octanol–water partition coefficient (Wildman–Crippen LogP) is 2.57. The third kappa shape index (κ3) is 5.23. The number of rotatable bonds is 5. The molecular formula is C15H26N2O2S. The number of benzene rings is 1. The minimum Gasteiger partial charge on any atom is -0.310 e. The maximum absolute atomic E-state index is 12.4. The highest BCUT2D eigenvalue weighted by Gasteiger charge is 2.23. The van der Waals surface area contributed by atoms with E-state index in [1.165, 1.54) is 0 Å². The molecule has 1 aromatic carbocycles. The van der Waals surface area contributed by atoms with E-state index < -0.39 is 15.6 Å². The van der Waals surface area contributed by atoms with Crippen LogP contribution < -0.4 is 10.0 Å². The van der Waals surface area contributed by atoms with Crippen molar-refractivity contribution in [2.45, 2.75) is 64.6 Å². The van der Waals surface area contributed by atoms with Crippen LogP contribution in [0.5, 0.6) is 0 Å². The van der Waals surface area contributed by atoms with Gasteiger partial charge in [0.1, 0.15) is 0 Å². The van der Waals surface area contributed by atoms with E-state index in [1.807, 2.05) is 39.8 Å². The molecule has 1 aromatic rings. The summed E-state index contributed by atoms with van der Waals surface area (Å²) in [5.41, 5.74) is 1.24. The second-order valence-corrected chi connectivity index (χ2v) is 8.14. The summed E-state index contributed by atoms with van der Waals surface area (Å²) >= 11 is 0. The van der Waals surface area contributed by atoms with E-state index in [0.717, 1.165) is 11.1 Å². The van der Waals surface area contributed by atoms with Gasteiger partial charge in [0, 0.05) is 18.1 Å². The Morgan fingerprint density at radius 3 is 2.30 bits per heavy atom. The highest BCUT2D eigenvalue weighted by molar-refractivity contribution is 7.89. The van der Waals surface area contributed by atoms with Crippen LogP contribution in [0.25, 0.3) is 0 Å². The molecule has 0 aliphatic heterocycles.